The number of rotatable bonds is 8. The van der Waals surface area contributed by atoms with E-state index in [1.807, 2.05) is 30.3 Å². The van der Waals surface area contributed by atoms with Gasteiger partial charge in [-0.05, 0) is 29.9 Å². The van der Waals surface area contributed by atoms with Gasteiger partial charge in [0.05, 0.1) is 4.92 Å². The molecule has 0 saturated carbocycles. The van der Waals surface area contributed by atoms with Crippen LogP contribution < -0.4 is 5.32 Å². The van der Waals surface area contributed by atoms with E-state index in [1.165, 1.54) is 12.1 Å². The van der Waals surface area contributed by atoms with E-state index < -0.39 is 11.0 Å². The number of benzene rings is 2. The summed E-state index contributed by atoms with van der Waals surface area (Å²) < 4.78 is 5.11. The predicted octanol–water partition coefficient (Wildman–Crippen LogP) is 4.00. The Morgan fingerprint density at radius 2 is 1.83 bits per heavy atom. The summed E-state index contributed by atoms with van der Waals surface area (Å²) in [5.41, 5.74) is 1.03. The van der Waals surface area contributed by atoms with Crippen molar-refractivity contribution < 1.29 is 14.5 Å². The van der Waals surface area contributed by atoms with Crippen molar-refractivity contribution in [2.45, 2.75) is 17.9 Å². The SMILES string of the molecule is O=C(NCCCSc1ccc([N+](=O)[O-])cc1)OCc1ccccc1. The molecule has 7 heteroatoms. The minimum Gasteiger partial charge on any atom is -0.445 e. The fourth-order valence-electron chi connectivity index (χ4n) is 1.89. The zero-order chi connectivity index (χ0) is 17.2. The largest absolute Gasteiger partial charge is 0.445 e. The van der Waals surface area contributed by atoms with Gasteiger partial charge < -0.3 is 10.1 Å². The fourth-order valence-corrected chi connectivity index (χ4v) is 2.74. The summed E-state index contributed by atoms with van der Waals surface area (Å²) in [5, 5.41) is 13.3. The van der Waals surface area contributed by atoms with Crippen LogP contribution in [0.15, 0.2) is 59.5 Å². The summed E-state index contributed by atoms with van der Waals surface area (Å²) in [6, 6.07) is 15.9. The van der Waals surface area contributed by atoms with Gasteiger partial charge in [0.1, 0.15) is 6.61 Å². The molecule has 2 aromatic carbocycles. The maximum absolute atomic E-state index is 11.5. The lowest BCUT2D eigenvalue weighted by molar-refractivity contribution is -0.384. The molecule has 0 saturated heterocycles. The number of carbonyl (C=O) groups excluding carboxylic acids is 1. The fraction of sp³-hybridized carbons (Fsp3) is 0.235. The first-order valence-corrected chi connectivity index (χ1v) is 8.45. The average molecular weight is 346 g/mol. The lowest BCUT2D eigenvalue weighted by atomic mass is 10.2. The predicted molar refractivity (Wildman–Crippen MR) is 93.1 cm³/mol. The Morgan fingerprint density at radius 1 is 1.12 bits per heavy atom. The van der Waals surface area contributed by atoms with Gasteiger partial charge in [0, 0.05) is 23.6 Å². The Hall–Kier alpha value is -2.54. The van der Waals surface area contributed by atoms with E-state index in [1.54, 1.807) is 23.9 Å². The third kappa shape index (κ3) is 6.29. The van der Waals surface area contributed by atoms with E-state index in [9.17, 15) is 14.9 Å². The highest BCUT2D eigenvalue weighted by molar-refractivity contribution is 7.99. The minimum atomic E-state index is -0.431. The van der Waals surface area contributed by atoms with E-state index >= 15 is 0 Å². The second-order valence-electron chi connectivity index (χ2n) is 4.94. The molecule has 1 N–H and O–H groups in total. The van der Waals surface area contributed by atoms with Gasteiger partial charge in [-0.25, -0.2) is 4.79 Å². The van der Waals surface area contributed by atoms with Crippen LogP contribution in [0.5, 0.6) is 0 Å². The molecule has 6 nitrogen and oxygen atoms in total. The van der Waals surface area contributed by atoms with Gasteiger partial charge in [0.25, 0.3) is 5.69 Å². The molecule has 0 fully saturated rings. The lowest BCUT2D eigenvalue weighted by Gasteiger charge is -2.07. The maximum Gasteiger partial charge on any atom is 0.407 e. The molecule has 0 bridgehead atoms. The van der Waals surface area contributed by atoms with Crippen LogP contribution in [0.3, 0.4) is 0 Å². The molecule has 24 heavy (non-hydrogen) atoms. The van der Waals surface area contributed by atoms with Crippen molar-refractivity contribution in [3.05, 3.63) is 70.3 Å². The number of nitro groups is 1. The second kappa shape index (κ2) is 9.57. The number of non-ortho nitro benzene ring substituents is 1. The molecular formula is C17H18N2O4S. The van der Waals surface area contributed by atoms with Gasteiger partial charge in [-0.3, -0.25) is 10.1 Å². The van der Waals surface area contributed by atoms with Gasteiger partial charge in [-0.2, -0.15) is 0 Å². The van der Waals surface area contributed by atoms with Gasteiger partial charge in [0.15, 0.2) is 0 Å². The lowest BCUT2D eigenvalue weighted by Crippen LogP contribution is -2.25. The van der Waals surface area contributed by atoms with Crippen LogP contribution in [0, 0.1) is 10.1 Å². The number of thioether (sulfide) groups is 1. The average Bonchev–Trinajstić information content (AvgIpc) is 2.61. The molecule has 0 spiro atoms. The van der Waals surface area contributed by atoms with E-state index in [0.717, 1.165) is 22.6 Å². The van der Waals surface area contributed by atoms with Crippen molar-refractivity contribution >= 4 is 23.5 Å². The van der Waals surface area contributed by atoms with Gasteiger partial charge in [0.2, 0.25) is 0 Å². The van der Waals surface area contributed by atoms with Gasteiger partial charge in [-0.1, -0.05) is 30.3 Å². The van der Waals surface area contributed by atoms with Crippen LogP contribution >= 0.6 is 11.8 Å². The van der Waals surface area contributed by atoms with E-state index in [0.29, 0.717) is 6.54 Å². The Kier molecular flexibility index (Phi) is 7.10. The smallest absolute Gasteiger partial charge is 0.407 e. The molecule has 0 atom stereocenters. The number of amides is 1. The summed E-state index contributed by atoms with van der Waals surface area (Å²) >= 11 is 1.59. The van der Waals surface area contributed by atoms with Crippen LogP contribution in [0.4, 0.5) is 10.5 Å². The molecule has 2 aromatic rings. The number of hydrogen-bond acceptors (Lipinski definition) is 5. The van der Waals surface area contributed by atoms with Crippen LogP contribution in [-0.2, 0) is 11.3 Å². The summed E-state index contributed by atoms with van der Waals surface area (Å²) in [6.07, 6.45) is 0.349. The normalized spacial score (nSPS) is 10.2. The second-order valence-corrected chi connectivity index (χ2v) is 6.11. The molecule has 126 valence electrons. The number of alkyl carbamates (subject to hydrolysis) is 1. The first kappa shape index (κ1) is 17.8. The number of ether oxygens (including phenoxy) is 1. The number of hydrogen-bond donors (Lipinski definition) is 1. The Labute approximate surface area is 144 Å². The minimum absolute atomic E-state index is 0.0854. The topological polar surface area (TPSA) is 81.5 Å². The summed E-state index contributed by atoms with van der Waals surface area (Å²) in [7, 11) is 0. The summed E-state index contributed by atoms with van der Waals surface area (Å²) in [4.78, 5) is 22.7. The number of nitrogens with one attached hydrogen (secondary N) is 1. The number of carbonyl (C=O) groups is 1. The molecule has 1 amide bonds. The summed E-state index contributed by atoms with van der Waals surface area (Å²) in [5.74, 6) is 0.802. The zero-order valence-electron chi connectivity index (χ0n) is 13.0. The van der Waals surface area contributed by atoms with Crippen molar-refractivity contribution in [3.8, 4) is 0 Å². The first-order chi connectivity index (χ1) is 11.6. The zero-order valence-corrected chi connectivity index (χ0v) is 13.8. The van der Waals surface area contributed by atoms with E-state index in [2.05, 4.69) is 5.32 Å². The van der Waals surface area contributed by atoms with Crippen LogP contribution in [0.1, 0.15) is 12.0 Å². The van der Waals surface area contributed by atoms with Crippen molar-refractivity contribution in [2.24, 2.45) is 0 Å². The third-order valence-electron chi connectivity index (χ3n) is 3.12. The van der Waals surface area contributed by atoms with Crippen molar-refractivity contribution in [1.29, 1.82) is 0 Å². The quantitative estimate of drug-likeness (QED) is 0.338. The van der Waals surface area contributed by atoms with Crippen molar-refractivity contribution in [2.75, 3.05) is 12.3 Å². The Bertz CT molecular complexity index is 662. The summed E-state index contributed by atoms with van der Waals surface area (Å²) in [6.45, 7) is 0.776. The molecule has 0 unspecified atom stereocenters. The molecule has 0 aliphatic rings. The van der Waals surface area contributed by atoms with Crippen LogP contribution in [0.2, 0.25) is 0 Å². The third-order valence-corrected chi connectivity index (χ3v) is 4.22. The number of nitrogens with zero attached hydrogens (tertiary/aromatic N) is 1. The highest BCUT2D eigenvalue weighted by Gasteiger charge is 2.04. The number of nitro benzene ring substituents is 1. The molecule has 0 aromatic heterocycles. The van der Waals surface area contributed by atoms with Crippen molar-refractivity contribution in [1.82, 2.24) is 5.32 Å². The highest BCUT2D eigenvalue weighted by atomic mass is 32.2. The maximum atomic E-state index is 11.5. The van der Waals surface area contributed by atoms with E-state index in [4.69, 9.17) is 4.74 Å². The highest BCUT2D eigenvalue weighted by Crippen LogP contribution is 2.21. The van der Waals surface area contributed by atoms with Crippen LogP contribution in [0.25, 0.3) is 0 Å². The van der Waals surface area contributed by atoms with Gasteiger partial charge in [-0.15, -0.1) is 11.8 Å². The van der Waals surface area contributed by atoms with Gasteiger partial charge >= 0.3 is 6.09 Å². The van der Waals surface area contributed by atoms with Crippen molar-refractivity contribution in [3.63, 3.8) is 0 Å². The Balaban J connectivity index is 1.57. The standard InChI is InChI=1S/C17H18N2O4S/c20-17(23-13-14-5-2-1-3-6-14)18-11-4-12-24-16-9-7-15(8-10-16)19(21)22/h1-3,5-10H,4,11-13H2,(H,18,20). The molecule has 0 radical (unpaired) electrons. The van der Waals surface area contributed by atoms with Crippen LogP contribution in [-0.4, -0.2) is 23.3 Å². The molecule has 0 aliphatic heterocycles. The van der Waals surface area contributed by atoms with E-state index in [-0.39, 0.29) is 12.3 Å². The molecule has 0 heterocycles. The molecular weight excluding hydrogens is 328 g/mol. The molecule has 2 rings (SSSR count). The first-order valence-electron chi connectivity index (χ1n) is 7.47. The Morgan fingerprint density at radius 3 is 2.50 bits per heavy atom. The monoisotopic (exact) mass is 346 g/mol. The molecule has 0 aliphatic carbocycles.